The van der Waals surface area contributed by atoms with E-state index in [1.54, 1.807) is 0 Å². The Morgan fingerprint density at radius 3 is 0.763 bits per heavy atom. The molecule has 0 aromatic heterocycles. The maximum absolute atomic E-state index is 12.5. The summed E-state index contributed by atoms with van der Waals surface area (Å²) in [5.41, 5.74) is 0. The number of rotatable bonds is 52. The highest BCUT2D eigenvalue weighted by molar-refractivity contribution is 5.76. The zero-order valence-electron chi connectivity index (χ0n) is 40.8. The lowest BCUT2D eigenvalue weighted by atomic mass is 10.0. The molecule has 0 bridgehead atoms. The van der Waals surface area contributed by atoms with Crippen LogP contribution in [0.2, 0.25) is 0 Å². The first-order valence-corrected chi connectivity index (χ1v) is 27.7. The van der Waals surface area contributed by atoms with E-state index in [0.29, 0.717) is 12.8 Å². The fourth-order valence-electron chi connectivity index (χ4n) is 9.13. The number of nitrogens with one attached hydrogen (secondary N) is 1. The van der Waals surface area contributed by atoms with Crippen molar-refractivity contribution in [3.63, 3.8) is 0 Å². The molecule has 0 unspecified atom stereocenters. The Morgan fingerprint density at radius 2 is 0.542 bits per heavy atom. The molecule has 4 nitrogen and oxygen atoms in total. The molecule has 354 valence electrons. The summed E-state index contributed by atoms with van der Waals surface area (Å²) in [5.74, 6) is -0.0233. The second-order valence-electron chi connectivity index (χ2n) is 19.4. The normalized spacial score (nSPS) is 12.7. The van der Waals surface area contributed by atoms with Gasteiger partial charge in [0, 0.05) is 6.42 Å². The molecule has 0 aromatic rings. The predicted molar refractivity (Wildman–Crippen MR) is 263 cm³/mol. The van der Waals surface area contributed by atoms with Gasteiger partial charge in [0.25, 0.3) is 0 Å². The van der Waals surface area contributed by atoms with Crippen LogP contribution in [-0.4, -0.2) is 34.9 Å². The van der Waals surface area contributed by atoms with E-state index >= 15 is 0 Å². The number of hydrogen-bond acceptors (Lipinski definition) is 3. The van der Waals surface area contributed by atoms with Crippen LogP contribution in [0.15, 0.2) is 0 Å². The highest BCUT2D eigenvalue weighted by Gasteiger charge is 2.20. The van der Waals surface area contributed by atoms with Gasteiger partial charge in [-0.3, -0.25) is 4.79 Å². The van der Waals surface area contributed by atoms with Gasteiger partial charge < -0.3 is 15.5 Å². The van der Waals surface area contributed by atoms with E-state index in [9.17, 15) is 15.0 Å². The molecule has 0 saturated heterocycles. The molecule has 0 heterocycles. The second-order valence-corrected chi connectivity index (χ2v) is 19.4. The molecule has 3 N–H and O–H groups in total. The van der Waals surface area contributed by atoms with Gasteiger partial charge in [-0.1, -0.05) is 309 Å². The van der Waals surface area contributed by atoms with Crippen molar-refractivity contribution in [1.82, 2.24) is 5.32 Å². The summed E-state index contributed by atoms with van der Waals surface area (Å²) in [7, 11) is 0. The summed E-state index contributed by atoms with van der Waals surface area (Å²) in [6, 6.07) is -0.530. The van der Waals surface area contributed by atoms with Gasteiger partial charge in [0.1, 0.15) is 0 Å². The van der Waals surface area contributed by atoms with Gasteiger partial charge in [-0.05, 0) is 12.8 Å². The van der Waals surface area contributed by atoms with Crippen LogP contribution in [0.3, 0.4) is 0 Å². The van der Waals surface area contributed by atoms with Crippen LogP contribution in [0.4, 0.5) is 0 Å². The Labute approximate surface area is 372 Å². The predicted octanol–water partition coefficient (Wildman–Crippen LogP) is 18.0. The first-order valence-electron chi connectivity index (χ1n) is 27.7. The lowest BCUT2D eigenvalue weighted by Gasteiger charge is -2.22. The van der Waals surface area contributed by atoms with Crippen LogP contribution in [0.1, 0.15) is 328 Å². The molecule has 59 heavy (non-hydrogen) atoms. The van der Waals surface area contributed by atoms with E-state index < -0.39 is 12.1 Å². The first kappa shape index (κ1) is 58.4. The summed E-state index contributed by atoms with van der Waals surface area (Å²) >= 11 is 0. The third-order valence-electron chi connectivity index (χ3n) is 13.4. The number of unbranched alkanes of at least 4 members (excludes halogenated alkanes) is 45. The molecule has 0 aliphatic carbocycles. The van der Waals surface area contributed by atoms with Gasteiger partial charge in [0.05, 0.1) is 18.8 Å². The van der Waals surface area contributed by atoms with Crippen LogP contribution in [0.25, 0.3) is 0 Å². The molecule has 0 aliphatic heterocycles. The largest absolute Gasteiger partial charge is 0.394 e. The van der Waals surface area contributed by atoms with Gasteiger partial charge in [-0.15, -0.1) is 0 Å². The molecule has 1 amide bonds. The quantitative estimate of drug-likeness (QED) is 0.0535. The molecule has 0 spiro atoms. The minimum atomic E-state index is -0.653. The summed E-state index contributed by atoms with van der Waals surface area (Å²) in [4.78, 5) is 12.5. The van der Waals surface area contributed by atoms with Gasteiger partial charge in [0.2, 0.25) is 5.91 Å². The van der Waals surface area contributed by atoms with Gasteiger partial charge in [0.15, 0.2) is 0 Å². The summed E-state index contributed by atoms with van der Waals surface area (Å²) < 4.78 is 0. The Kier molecular flexibility index (Phi) is 51.2. The Balaban J connectivity index is 3.34. The van der Waals surface area contributed by atoms with Crippen molar-refractivity contribution in [2.75, 3.05) is 6.61 Å². The lowest BCUT2D eigenvalue weighted by Crippen LogP contribution is -2.45. The van der Waals surface area contributed by atoms with E-state index in [1.807, 2.05) is 0 Å². The summed E-state index contributed by atoms with van der Waals surface area (Å²) in [6.07, 6.45) is 65.3. The minimum absolute atomic E-state index is 0.0233. The van der Waals surface area contributed by atoms with Gasteiger partial charge in [-0.2, -0.15) is 0 Å². The van der Waals surface area contributed by atoms with Crippen LogP contribution in [-0.2, 0) is 4.79 Å². The lowest BCUT2D eigenvalue weighted by molar-refractivity contribution is -0.123. The Hall–Kier alpha value is -0.610. The number of aliphatic hydroxyl groups is 2. The van der Waals surface area contributed by atoms with Crippen LogP contribution >= 0.6 is 0 Å². The van der Waals surface area contributed by atoms with Crippen molar-refractivity contribution in [3.05, 3.63) is 0 Å². The fourth-order valence-corrected chi connectivity index (χ4v) is 9.13. The summed E-state index contributed by atoms with van der Waals surface area (Å²) in [6.45, 7) is 4.39. The number of amides is 1. The topological polar surface area (TPSA) is 69.6 Å². The van der Waals surface area contributed by atoms with Crippen molar-refractivity contribution < 1.29 is 15.0 Å². The molecule has 0 saturated carbocycles. The molecule has 0 aromatic carbocycles. The van der Waals surface area contributed by atoms with E-state index in [1.165, 1.54) is 276 Å². The third-order valence-corrected chi connectivity index (χ3v) is 13.4. The van der Waals surface area contributed by atoms with E-state index in [-0.39, 0.29) is 12.5 Å². The Bertz CT molecular complexity index is 773. The maximum Gasteiger partial charge on any atom is 0.220 e. The van der Waals surface area contributed by atoms with E-state index in [4.69, 9.17) is 0 Å². The zero-order valence-corrected chi connectivity index (χ0v) is 40.8. The number of hydrogen-bond donors (Lipinski definition) is 3. The van der Waals surface area contributed by atoms with Crippen LogP contribution in [0, 0.1) is 0 Å². The second kappa shape index (κ2) is 51.7. The van der Waals surface area contributed by atoms with Gasteiger partial charge in [-0.25, -0.2) is 0 Å². The van der Waals surface area contributed by atoms with Crippen molar-refractivity contribution in [3.8, 4) is 0 Å². The zero-order chi connectivity index (χ0) is 42.8. The molecule has 2 atom stereocenters. The van der Waals surface area contributed by atoms with Gasteiger partial charge >= 0.3 is 0 Å². The minimum Gasteiger partial charge on any atom is -0.394 e. The molecule has 0 rings (SSSR count). The molecule has 0 radical (unpaired) electrons. The molecular formula is C55H111NO3. The molecular weight excluding hydrogens is 723 g/mol. The van der Waals surface area contributed by atoms with Crippen LogP contribution in [0.5, 0.6) is 0 Å². The molecule has 0 fully saturated rings. The molecule has 4 heteroatoms. The van der Waals surface area contributed by atoms with Crippen LogP contribution < -0.4 is 5.32 Å². The summed E-state index contributed by atoms with van der Waals surface area (Å²) in [5, 5.41) is 23.2. The standard InChI is InChI=1S/C55H111NO3/c1-3-5-7-9-11-13-15-17-19-20-21-22-23-24-25-26-27-28-29-30-31-32-33-34-35-36-37-39-41-43-45-47-49-51-55(59)56-53(52-57)54(58)50-48-46-44-42-40-38-18-16-14-12-10-8-6-4-2/h53-54,57-58H,3-52H2,1-2H3,(H,56,59)/t53-,54+/m0/s1. The Morgan fingerprint density at radius 1 is 0.339 bits per heavy atom. The smallest absolute Gasteiger partial charge is 0.220 e. The highest BCUT2D eigenvalue weighted by Crippen LogP contribution is 2.18. The van der Waals surface area contributed by atoms with Crippen molar-refractivity contribution >= 4 is 5.91 Å². The maximum atomic E-state index is 12.5. The van der Waals surface area contributed by atoms with Crippen molar-refractivity contribution in [1.29, 1.82) is 0 Å². The average Bonchev–Trinajstić information content (AvgIpc) is 3.24. The fraction of sp³-hybridized carbons (Fsp3) is 0.982. The first-order chi connectivity index (χ1) is 29.2. The van der Waals surface area contributed by atoms with E-state index in [0.717, 1.165) is 25.7 Å². The van der Waals surface area contributed by atoms with Crippen molar-refractivity contribution in [2.45, 2.75) is 341 Å². The number of carbonyl (C=O) groups excluding carboxylic acids is 1. The SMILES string of the molecule is CCCCCCCCCCCCCCCCCCCCCCCCCCCCCCCCCCCC(=O)N[C@@H](CO)[C@H](O)CCCCCCCCCCCCCCCC. The third kappa shape index (κ3) is 48.3. The van der Waals surface area contributed by atoms with E-state index in [2.05, 4.69) is 19.2 Å². The number of carbonyl (C=O) groups is 1. The average molecular weight is 834 g/mol. The number of aliphatic hydroxyl groups excluding tert-OH is 2. The highest BCUT2D eigenvalue weighted by atomic mass is 16.3. The molecule has 0 aliphatic rings. The van der Waals surface area contributed by atoms with Crippen molar-refractivity contribution in [2.24, 2.45) is 0 Å². The monoisotopic (exact) mass is 834 g/mol.